The molecule has 0 bridgehead atoms. The third-order valence-corrected chi connectivity index (χ3v) is 3.60. The Kier molecular flexibility index (Phi) is 5.80. The Morgan fingerprint density at radius 3 is 3.05 bits per heavy atom. The van der Waals surface area contributed by atoms with Gasteiger partial charge in [-0.25, -0.2) is 0 Å². The molecule has 1 aliphatic heterocycles. The summed E-state index contributed by atoms with van der Waals surface area (Å²) < 4.78 is 5.47. The molecule has 0 aromatic heterocycles. The van der Waals surface area contributed by atoms with E-state index in [2.05, 4.69) is 10.6 Å². The lowest BCUT2D eigenvalue weighted by atomic mass is 10.1. The fourth-order valence-electron chi connectivity index (χ4n) is 2.50. The number of benzene rings is 1. The number of nitro groups is 1. The first kappa shape index (κ1) is 15.6. The summed E-state index contributed by atoms with van der Waals surface area (Å²) in [7, 11) is 0. The largest absolute Gasteiger partial charge is 0.487 e. The highest BCUT2D eigenvalue weighted by atomic mass is 16.6. The maximum atomic E-state index is 11.0. The molecular formula is C15H23N3O3. The van der Waals surface area contributed by atoms with Crippen molar-refractivity contribution in [1.82, 2.24) is 5.32 Å². The van der Waals surface area contributed by atoms with Crippen LogP contribution in [0.15, 0.2) is 18.2 Å². The monoisotopic (exact) mass is 293 g/mol. The van der Waals surface area contributed by atoms with Crippen molar-refractivity contribution in [3.63, 3.8) is 0 Å². The third kappa shape index (κ3) is 4.60. The predicted octanol–water partition coefficient (Wildman–Crippen LogP) is 2.94. The maximum Gasteiger partial charge on any atom is 0.311 e. The van der Waals surface area contributed by atoms with Gasteiger partial charge in [-0.3, -0.25) is 10.1 Å². The van der Waals surface area contributed by atoms with E-state index in [9.17, 15) is 10.1 Å². The van der Waals surface area contributed by atoms with Gasteiger partial charge in [-0.2, -0.15) is 0 Å². The van der Waals surface area contributed by atoms with Gasteiger partial charge in [-0.05, 0) is 38.3 Å². The number of anilines is 1. The fourth-order valence-corrected chi connectivity index (χ4v) is 2.50. The highest BCUT2D eigenvalue weighted by Gasteiger charge is 2.16. The zero-order valence-corrected chi connectivity index (χ0v) is 12.4. The van der Waals surface area contributed by atoms with E-state index in [0.29, 0.717) is 18.4 Å². The van der Waals surface area contributed by atoms with Crippen LogP contribution in [0.3, 0.4) is 0 Å². The molecule has 2 N–H and O–H groups in total. The molecule has 1 aliphatic rings. The lowest BCUT2D eigenvalue weighted by molar-refractivity contribution is -0.385. The Hall–Kier alpha value is -1.82. The zero-order chi connectivity index (χ0) is 15.1. The quantitative estimate of drug-likeness (QED) is 0.569. The number of ether oxygens (including phenoxy) is 1. The molecule has 0 amide bonds. The van der Waals surface area contributed by atoms with Gasteiger partial charge in [-0.15, -0.1) is 0 Å². The zero-order valence-electron chi connectivity index (χ0n) is 12.4. The van der Waals surface area contributed by atoms with Crippen molar-refractivity contribution in [1.29, 1.82) is 0 Å². The Labute approximate surface area is 125 Å². The number of nitrogens with one attached hydrogen (secondary N) is 2. The van der Waals surface area contributed by atoms with Crippen LogP contribution < -0.4 is 15.4 Å². The molecule has 1 aromatic rings. The molecule has 2 rings (SSSR count). The van der Waals surface area contributed by atoms with Gasteiger partial charge in [-0.1, -0.05) is 6.92 Å². The molecule has 1 saturated heterocycles. The van der Waals surface area contributed by atoms with E-state index in [0.717, 1.165) is 31.6 Å². The molecule has 0 spiro atoms. The minimum atomic E-state index is -0.406. The van der Waals surface area contributed by atoms with E-state index in [1.165, 1.54) is 18.9 Å². The van der Waals surface area contributed by atoms with Gasteiger partial charge < -0.3 is 15.4 Å². The minimum absolute atomic E-state index is 0.0199. The smallest absolute Gasteiger partial charge is 0.311 e. The summed E-state index contributed by atoms with van der Waals surface area (Å²) in [6, 6.07) is 5.54. The van der Waals surface area contributed by atoms with Crippen LogP contribution in [0.2, 0.25) is 0 Å². The highest BCUT2D eigenvalue weighted by molar-refractivity contribution is 5.58. The van der Waals surface area contributed by atoms with Gasteiger partial charge in [0.15, 0.2) is 5.75 Å². The highest BCUT2D eigenvalue weighted by Crippen LogP contribution is 2.30. The van der Waals surface area contributed by atoms with Crippen molar-refractivity contribution >= 4 is 11.4 Å². The van der Waals surface area contributed by atoms with Crippen LogP contribution in [-0.2, 0) is 0 Å². The van der Waals surface area contributed by atoms with Crippen molar-refractivity contribution in [2.45, 2.75) is 38.6 Å². The van der Waals surface area contributed by atoms with Crippen molar-refractivity contribution in [2.24, 2.45) is 0 Å². The number of hydrogen-bond donors (Lipinski definition) is 2. The summed E-state index contributed by atoms with van der Waals surface area (Å²) in [6.45, 7) is 4.42. The van der Waals surface area contributed by atoms with E-state index in [1.807, 2.05) is 6.92 Å². The molecular weight excluding hydrogens is 270 g/mol. The van der Waals surface area contributed by atoms with E-state index >= 15 is 0 Å². The molecule has 1 atom stereocenters. The lowest BCUT2D eigenvalue weighted by Gasteiger charge is -2.13. The van der Waals surface area contributed by atoms with Gasteiger partial charge in [0.1, 0.15) is 0 Å². The summed E-state index contributed by atoms with van der Waals surface area (Å²) in [5.74, 6) is 0.339. The van der Waals surface area contributed by atoms with Crippen molar-refractivity contribution in [3.05, 3.63) is 28.3 Å². The van der Waals surface area contributed by atoms with Gasteiger partial charge >= 0.3 is 5.69 Å². The molecule has 1 heterocycles. The van der Waals surface area contributed by atoms with Crippen LogP contribution in [0.4, 0.5) is 11.4 Å². The molecule has 0 aliphatic carbocycles. The summed E-state index contributed by atoms with van der Waals surface area (Å²) in [5.41, 5.74) is 0.885. The van der Waals surface area contributed by atoms with Crippen molar-refractivity contribution in [3.8, 4) is 5.75 Å². The van der Waals surface area contributed by atoms with Crippen molar-refractivity contribution < 1.29 is 9.66 Å². The standard InChI is InChI=1S/C15H23N3O3/c1-2-10-21-15-11-13(5-6-14(15)18(19)20)17-9-7-12-4-3-8-16-12/h5-6,11-12,16-17H,2-4,7-10H2,1H3/t12-/m1/s1. The topological polar surface area (TPSA) is 76.4 Å². The van der Waals surface area contributed by atoms with Crippen LogP contribution >= 0.6 is 0 Å². The first-order valence-corrected chi connectivity index (χ1v) is 7.59. The summed E-state index contributed by atoms with van der Waals surface area (Å²) in [4.78, 5) is 10.6. The molecule has 6 nitrogen and oxygen atoms in total. The first-order chi connectivity index (χ1) is 10.2. The van der Waals surface area contributed by atoms with Crippen molar-refractivity contribution in [2.75, 3.05) is 25.0 Å². The second kappa shape index (κ2) is 7.83. The Balaban J connectivity index is 1.93. The van der Waals surface area contributed by atoms with Crippen LogP contribution in [0, 0.1) is 10.1 Å². The number of nitro benzene ring substituents is 1. The summed E-state index contributed by atoms with van der Waals surface area (Å²) in [6.07, 6.45) is 4.36. The van der Waals surface area contributed by atoms with Crippen LogP contribution in [0.25, 0.3) is 0 Å². The third-order valence-electron chi connectivity index (χ3n) is 3.60. The molecule has 1 fully saturated rings. The fraction of sp³-hybridized carbons (Fsp3) is 0.600. The van der Waals surface area contributed by atoms with Crippen LogP contribution in [0.5, 0.6) is 5.75 Å². The Morgan fingerprint density at radius 1 is 1.52 bits per heavy atom. The number of hydrogen-bond acceptors (Lipinski definition) is 5. The number of rotatable bonds is 8. The normalized spacial score (nSPS) is 17.7. The minimum Gasteiger partial charge on any atom is -0.487 e. The van der Waals surface area contributed by atoms with Crippen LogP contribution in [-0.4, -0.2) is 30.7 Å². The summed E-state index contributed by atoms with van der Waals surface area (Å²) in [5, 5.41) is 17.7. The summed E-state index contributed by atoms with van der Waals surface area (Å²) >= 11 is 0. The van der Waals surface area contributed by atoms with E-state index in [1.54, 1.807) is 12.1 Å². The van der Waals surface area contributed by atoms with E-state index in [-0.39, 0.29) is 5.69 Å². The van der Waals surface area contributed by atoms with Gasteiger partial charge in [0.25, 0.3) is 0 Å². The van der Waals surface area contributed by atoms with Gasteiger partial charge in [0, 0.05) is 30.4 Å². The SMILES string of the molecule is CCCOc1cc(NCC[C@H]2CCCN2)ccc1[N+](=O)[O-]. The Bertz CT molecular complexity index is 473. The first-order valence-electron chi connectivity index (χ1n) is 7.59. The molecule has 21 heavy (non-hydrogen) atoms. The Morgan fingerprint density at radius 2 is 2.38 bits per heavy atom. The second-order valence-electron chi connectivity index (χ2n) is 5.30. The molecule has 116 valence electrons. The molecule has 1 aromatic carbocycles. The number of nitrogens with zero attached hydrogens (tertiary/aromatic N) is 1. The average molecular weight is 293 g/mol. The predicted molar refractivity (Wildman–Crippen MR) is 83.0 cm³/mol. The van der Waals surface area contributed by atoms with Crippen LogP contribution in [0.1, 0.15) is 32.6 Å². The van der Waals surface area contributed by atoms with Gasteiger partial charge in [0.2, 0.25) is 0 Å². The lowest BCUT2D eigenvalue weighted by Crippen LogP contribution is -2.24. The molecule has 6 heteroatoms. The molecule has 0 saturated carbocycles. The molecule has 0 unspecified atom stereocenters. The van der Waals surface area contributed by atoms with E-state index in [4.69, 9.17) is 4.74 Å². The van der Waals surface area contributed by atoms with Gasteiger partial charge in [0.05, 0.1) is 11.5 Å². The second-order valence-corrected chi connectivity index (χ2v) is 5.30. The van der Waals surface area contributed by atoms with E-state index < -0.39 is 4.92 Å². The maximum absolute atomic E-state index is 11.0. The molecule has 0 radical (unpaired) electrons. The average Bonchev–Trinajstić information content (AvgIpc) is 2.98.